The van der Waals surface area contributed by atoms with Crippen LogP contribution in [0.2, 0.25) is 0 Å². The maximum atomic E-state index is 5.32. The Morgan fingerprint density at radius 2 is 0.823 bits per heavy atom. The molecule has 0 N–H and O–H groups in total. The zero-order chi connectivity index (χ0) is 41.7. The van der Waals surface area contributed by atoms with Gasteiger partial charge in [0.25, 0.3) is 0 Å². The van der Waals surface area contributed by atoms with Crippen LogP contribution in [-0.4, -0.2) is 9.97 Å². The Balaban J connectivity index is 0.930. The van der Waals surface area contributed by atoms with Crippen LogP contribution in [-0.2, 0) is 10.8 Å². The SMILES string of the molecule is CC1(C)c2ccccc2-c2cc(-c3cccc(-c4ccc5cc(-c6cc(-c7cccc8c7-c7cc9ccccc9cc7C8(C)C)nc(-c7ccccc7)n6)ccc5c4)c3)ccc21. The maximum absolute atomic E-state index is 5.32. The highest BCUT2D eigenvalue weighted by molar-refractivity contribution is 5.99. The van der Waals surface area contributed by atoms with Crippen molar-refractivity contribution in [2.45, 2.75) is 38.5 Å². The van der Waals surface area contributed by atoms with E-state index in [4.69, 9.17) is 9.97 Å². The first-order valence-corrected chi connectivity index (χ1v) is 21.7. The lowest BCUT2D eigenvalue weighted by Gasteiger charge is -2.22. The minimum atomic E-state index is -0.146. The van der Waals surface area contributed by atoms with E-state index in [0.29, 0.717) is 0 Å². The number of fused-ring (bicyclic) bond motifs is 8. The third-order valence-electron chi connectivity index (χ3n) is 13.8. The first kappa shape index (κ1) is 36.4. The van der Waals surface area contributed by atoms with Crippen molar-refractivity contribution in [1.29, 1.82) is 0 Å². The summed E-state index contributed by atoms with van der Waals surface area (Å²) in [7, 11) is 0. The van der Waals surface area contributed by atoms with Gasteiger partial charge in [-0.3, -0.25) is 0 Å². The molecular formula is C60H44N2. The maximum Gasteiger partial charge on any atom is 0.160 e. The summed E-state index contributed by atoms with van der Waals surface area (Å²) in [5.74, 6) is 0.721. The van der Waals surface area contributed by atoms with Crippen molar-refractivity contribution in [2.75, 3.05) is 0 Å². The van der Waals surface area contributed by atoms with E-state index in [1.54, 1.807) is 0 Å². The van der Waals surface area contributed by atoms with Crippen molar-refractivity contribution in [3.8, 4) is 78.4 Å². The molecule has 0 atom stereocenters. The molecule has 0 fully saturated rings. The van der Waals surface area contributed by atoms with Crippen molar-refractivity contribution in [1.82, 2.24) is 9.97 Å². The summed E-state index contributed by atoms with van der Waals surface area (Å²) in [5.41, 5.74) is 20.5. The molecule has 2 nitrogen and oxygen atoms in total. The highest BCUT2D eigenvalue weighted by Gasteiger charge is 2.38. The van der Waals surface area contributed by atoms with Crippen LogP contribution in [0.5, 0.6) is 0 Å². The van der Waals surface area contributed by atoms with E-state index < -0.39 is 0 Å². The van der Waals surface area contributed by atoms with E-state index in [0.717, 1.165) is 33.9 Å². The van der Waals surface area contributed by atoms with Crippen molar-refractivity contribution < 1.29 is 0 Å². The molecule has 2 aliphatic carbocycles. The molecule has 0 amide bonds. The molecule has 0 bridgehead atoms. The summed E-state index contributed by atoms with van der Waals surface area (Å²) in [5, 5.41) is 4.89. The van der Waals surface area contributed by atoms with Crippen LogP contribution in [0.15, 0.2) is 194 Å². The Bertz CT molecular complexity index is 3460. The molecule has 0 saturated heterocycles. The first-order valence-electron chi connectivity index (χ1n) is 21.7. The van der Waals surface area contributed by atoms with Crippen molar-refractivity contribution in [3.63, 3.8) is 0 Å². The summed E-state index contributed by atoms with van der Waals surface area (Å²) in [4.78, 5) is 10.6. The largest absolute Gasteiger partial charge is 0.228 e. The fraction of sp³-hybridized carbons (Fsp3) is 0.100. The second-order valence-electron chi connectivity index (χ2n) is 18.2. The van der Waals surface area contributed by atoms with Crippen LogP contribution in [0.3, 0.4) is 0 Å². The predicted octanol–water partition coefficient (Wildman–Crippen LogP) is 15.7. The van der Waals surface area contributed by atoms with E-state index in [-0.39, 0.29) is 10.8 Å². The average molecular weight is 793 g/mol. The van der Waals surface area contributed by atoms with Crippen molar-refractivity contribution >= 4 is 21.5 Å². The normalized spacial score (nSPS) is 14.1. The molecule has 9 aromatic carbocycles. The highest BCUT2D eigenvalue weighted by Crippen LogP contribution is 2.53. The summed E-state index contributed by atoms with van der Waals surface area (Å²) >= 11 is 0. The number of aromatic nitrogens is 2. The quantitative estimate of drug-likeness (QED) is 0.173. The molecule has 1 aromatic heterocycles. The number of nitrogens with zero attached hydrogens (tertiary/aromatic N) is 2. The van der Waals surface area contributed by atoms with Gasteiger partial charge in [-0.05, 0) is 131 Å². The van der Waals surface area contributed by atoms with Gasteiger partial charge in [0.15, 0.2) is 5.82 Å². The molecule has 62 heavy (non-hydrogen) atoms. The standard InChI is InChI=1S/C60H44N2/c1-59(2)51-22-11-10-20-47(51)49-33-45(28-29-52(49)59)39-19-12-18-38(30-39)42-24-25-44-32-46(27-26-43(44)31-42)55-36-56(62-58(61-55)37-14-6-5-7-15-37)48-21-13-23-53-57(48)50-34-40-16-8-9-17-41(40)35-54(50)60(53,3)4/h5-36H,1-4H3. The van der Waals surface area contributed by atoms with Gasteiger partial charge in [-0.25, -0.2) is 9.97 Å². The van der Waals surface area contributed by atoms with E-state index >= 15 is 0 Å². The van der Waals surface area contributed by atoms with Gasteiger partial charge in [0.05, 0.1) is 11.4 Å². The Morgan fingerprint density at radius 3 is 1.63 bits per heavy atom. The van der Waals surface area contributed by atoms with E-state index in [1.807, 2.05) is 6.07 Å². The lowest BCUT2D eigenvalue weighted by Crippen LogP contribution is -2.14. The summed E-state index contributed by atoms with van der Waals surface area (Å²) in [6.07, 6.45) is 0. The lowest BCUT2D eigenvalue weighted by molar-refractivity contribution is 0.660. The molecule has 0 unspecified atom stereocenters. The third kappa shape index (κ3) is 5.63. The summed E-state index contributed by atoms with van der Waals surface area (Å²) < 4.78 is 0. The Hall–Kier alpha value is -7.42. The number of rotatable bonds is 5. The van der Waals surface area contributed by atoms with Crippen LogP contribution >= 0.6 is 0 Å². The first-order chi connectivity index (χ1) is 30.2. The van der Waals surface area contributed by atoms with Gasteiger partial charge >= 0.3 is 0 Å². The second-order valence-corrected chi connectivity index (χ2v) is 18.2. The number of hydrogen-bond acceptors (Lipinski definition) is 2. The molecule has 0 saturated carbocycles. The summed E-state index contributed by atoms with van der Waals surface area (Å²) in [6.45, 7) is 9.37. The zero-order valence-electron chi connectivity index (χ0n) is 35.4. The fourth-order valence-electron chi connectivity index (χ4n) is 10.5. The van der Waals surface area contributed by atoms with Gasteiger partial charge in [-0.15, -0.1) is 0 Å². The molecule has 0 radical (unpaired) electrons. The van der Waals surface area contributed by atoms with Gasteiger partial charge < -0.3 is 0 Å². The van der Waals surface area contributed by atoms with E-state index in [1.165, 1.54) is 88.3 Å². The second kappa shape index (κ2) is 13.5. The van der Waals surface area contributed by atoms with Crippen LogP contribution < -0.4 is 0 Å². The predicted molar refractivity (Wildman–Crippen MR) is 259 cm³/mol. The highest BCUT2D eigenvalue weighted by atomic mass is 14.9. The van der Waals surface area contributed by atoms with Gasteiger partial charge in [-0.2, -0.15) is 0 Å². The molecule has 10 aromatic rings. The minimum absolute atomic E-state index is 0.000459. The smallest absolute Gasteiger partial charge is 0.160 e. The molecule has 0 spiro atoms. The topological polar surface area (TPSA) is 25.8 Å². The molecule has 2 heteroatoms. The van der Waals surface area contributed by atoms with E-state index in [9.17, 15) is 0 Å². The minimum Gasteiger partial charge on any atom is -0.228 e. The fourth-order valence-corrected chi connectivity index (χ4v) is 10.5. The molecule has 1 heterocycles. The van der Waals surface area contributed by atoms with Crippen LogP contribution in [0.4, 0.5) is 0 Å². The average Bonchev–Trinajstić information content (AvgIpc) is 3.69. The van der Waals surface area contributed by atoms with Gasteiger partial charge in [0.1, 0.15) is 0 Å². The van der Waals surface area contributed by atoms with Crippen molar-refractivity contribution in [2.24, 2.45) is 0 Å². The van der Waals surface area contributed by atoms with Crippen molar-refractivity contribution in [3.05, 3.63) is 216 Å². The Morgan fingerprint density at radius 1 is 0.290 bits per heavy atom. The molecule has 12 rings (SSSR count). The van der Waals surface area contributed by atoms with Gasteiger partial charge in [0.2, 0.25) is 0 Å². The number of benzene rings is 9. The molecule has 294 valence electrons. The van der Waals surface area contributed by atoms with Crippen LogP contribution in [0.1, 0.15) is 49.9 Å². The van der Waals surface area contributed by atoms with Crippen LogP contribution in [0, 0.1) is 0 Å². The molecular weight excluding hydrogens is 749 g/mol. The molecule has 0 aliphatic heterocycles. The third-order valence-corrected chi connectivity index (χ3v) is 13.8. The van der Waals surface area contributed by atoms with Gasteiger partial charge in [0, 0.05) is 27.5 Å². The monoisotopic (exact) mass is 792 g/mol. The van der Waals surface area contributed by atoms with Gasteiger partial charge in [-0.1, -0.05) is 179 Å². The number of hydrogen-bond donors (Lipinski definition) is 0. The zero-order valence-corrected chi connectivity index (χ0v) is 35.4. The Kier molecular flexibility index (Phi) is 7.96. The summed E-state index contributed by atoms with van der Waals surface area (Å²) in [6, 6.07) is 71.1. The van der Waals surface area contributed by atoms with Crippen LogP contribution in [0.25, 0.3) is 100.0 Å². The van der Waals surface area contributed by atoms with E-state index in [2.05, 4.69) is 216 Å². The lowest BCUT2D eigenvalue weighted by atomic mass is 9.81. The Labute approximate surface area is 363 Å². The molecule has 2 aliphatic rings.